The van der Waals surface area contributed by atoms with Crippen molar-refractivity contribution in [1.29, 1.82) is 0 Å². The van der Waals surface area contributed by atoms with E-state index in [9.17, 15) is 0 Å². The van der Waals surface area contributed by atoms with Crippen LogP contribution in [0.2, 0.25) is 5.02 Å². The van der Waals surface area contributed by atoms with Crippen LogP contribution >= 0.6 is 11.6 Å². The minimum atomic E-state index is -0.0937. The normalized spacial score (nSPS) is 12.7. The summed E-state index contributed by atoms with van der Waals surface area (Å²) in [5.41, 5.74) is 8.79. The van der Waals surface area contributed by atoms with Gasteiger partial charge in [0.05, 0.1) is 6.04 Å². The van der Waals surface area contributed by atoms with E-state index in [1.54, 1.807) is 0 Å². The molecule has 3 nitrogen and oxygen atoms in total. The van der Waals surface area contributed by atoms with Crippen molar-refractivity contribution in [3.05, 3.63) is 40.6 Å². The van der Waals surface area contributed by atoms with Gasteiger partial charge in [0.15, 0.2) is 5.76 Å². The summed E-state index contributed by atoms with van der Waals surface area (Å²) in [6, 6.07) is 7.49. The molecule has 0 spiro atoms. The summed E-state index contributed by atoms with van der Waals surface area (Å²) in [5, 5.41) is 4.77. The third-order valence-electron chi connectivity index (χ3n) is 2.80. The molecular formula is C13H15ClN2O. The van der Waals surface area contributed by atoms with Gasteiger partial charge in [-0.1, -0.05) is 29.7 Å². The highest BCUT2D eigenvalue weighted by molar-refractivity contribution is 6.30. The van der Waals surface area contributed by atoms with E-state index in [0.29, 0.717) is 0 Å². The fraction of sp³-hybridized carbons (Fsp3) is 0.308. The standard InChI is InChI=1S/C13H15ClN2O/c1-3-11(15)13-7-12(16-17-13)10-5-4-9(14)6-8(10)2/h4-7,11H,3,15H2,1-2H3. The third-order valence-corrected chi connectivity index (χ3v) is 3.03. The summed E-state index contributed by atoms with van der Waals surface area (Å²) >= 11 is 5.92. The second kappa shape index (κ2) is 4.90. The molecule has 0 fully saturated rings. The zero-order valence-electron chi connectivity index (χ0n) is 9.90. The predicted octanol–water partition coefficient (Wildman–Crippen LogP) is 3.71. The molecule has 1 unspecified atom stereocenters. The number of benzene rings is 1. The number of hydrogen-bond acceptors (Lipinski definition) is 3. The topological polar surface area (TPSA) is 52.0 Å². The summed E-state index contributed by atoms with van der Waals surface area (Å²) in [6.45, 7) is 4.01. The summed E-state index contributed by atoms with van der Waals surface area (Å²) in [7, 11) is 0. The zero-order chi connectivity index (χ0) is 12.4. The van der Waals surface area contributed by atoms with Crippen LogP contribution in [0.15, 0.2) is 28.8 Å². The van der Waals surface area contributed by atoms with Crippen molar-refractivity contribution in [3.8, 4) is 11.3 Å². The van der Waals surface area contributed by atoms with Crippen LogP contribution in [0, 0.1) is 6.92 Å². The largest absolute Gasteiger partial charge is 0.359 e. The lowest BCUT2D eigenvalue weighted by molar-refractivity contribution is 0.360. The van der Waals surface area contributed by atoms with Gasteiger partial charge in [0.2, 0.25) is 0 Å². The molecule has 1 aromatic carbocycles. The van der Waals surface area contributed by atoms with Crippen molar-refractivity contribution in [2.75, 3.05) is 0 Å². The van der Waals surface area contributed by atoms with Crippen LogP contribution in [0.3, 0.4) is 0 Å². The molecule has 0 saturated heterocycles. The Kier molecular flexibility index (Phi) is 3.50. The van der Waals surface area contributed by atoms with Crippen molar-refractivity contribution in [1.82, 2.24) is 5.16 Å². The van der Waals surface area contributed by atoms with E-state index in [-0.39, 0.29) is 6.04 Å². The SMILES string of the molecule is CCC(N)c1cc(-c2ccc(Cl)cc2C)no1. The minimum Gasteiger partial charge on any atom is -0.359 e. The predicted molar refractivity (Wildman–Crippen MR) is 68.9 cm³/mol. The molecule has 1 aromatic heterocycles. The van der Waals surface area contributed by atoms with Crippen molar-refractivity contribution < 1.29 is 4.52 Å². The number of nitrogens with two attached hydrogens (primary N) is 1. The van der Waals surface area contributed by atoms with Gasteiger partial charge in [-0.25, -0.2) is 0 Å². The molecule has 4 heteroatoms. The van der Waals surface area contributed by atoms with E-state index >= 15 is 0 Å². The molecule has 2 aromatic rings. The van der Waals surface area contributed by atoms with Gasteiger partial charge in [-0.05, 0) is 31.0 Å². The maximum Gasteiger partial charge on any atom is 0.154 e. The highest BCUT2D eigenvalue weighted by atomic mass is 35.5. The van der Waals surface area contributed by atoms with E-state index in [0.717, 1.165) is 34.0 Å². The lowest BCUT2D eigenvalue weighted by atomic mass is 10.0. The number of halogens is 1. The van der Waals surface area contributed by atoms with Crippen LogP contribution < -0.4 is 5.73 Å². The van der Waals surface area contributed by atoms with Crippen molar-refractivity contribution in [2.45, 2.75) is 26.3 Å². The molecule has 0 radical (unpaired) electrons. The van der Waals surface area contributed by atoms with Crippen molar-refractivity contribution in [2.24, 2.45) is 5.73 Å². The Bertz CT molecular complexity index is 522. The van der Waals surface area contributed by atoms with Crippen molar-refractivity contribution in [3.63, 3.8) is 0 Å². The number of aromatic nitrogens is 1. The molecule has 1 atom stereocenters. The van der Waals surface area contributed by atoms with E-state index in [4.69, 9.17) is 21.9 Å². The number of aryl methyl sites for hydroxylation is 1. The Morgan fingerprint density at radius 3 is 2.82 bits per heavy atom. The monoisotopic (exact) mass is 250 g/mol. The average Bonchev–Trinajstić information content (AvgIpc) is 2.77. The van der Waals surface area contributed by atoms with Gasteiger partial charge < -0.3 is 10.3 Å². The van der Waals surface area contributed by atoms with Gasteiger partial charge in [-0.2, -0.15) is 0 Å². The molecule has 1 heterocycles. The molecule has 0 aliphatic heterocycles. The first-order chi connectivity index (χ1) is 8.11. The van der Waals surface area contributed by atoms with Gasteiger partial charge in [0, 0.05) is 16.7 Å². The van der Waals surface area contributed by atoms with E-state index in [1.165, 1.54) is 0 Å². The summed E-state index contributed by atoms with van der Waals surface area (Å²) in [6.07, 6.45) is 0.828. The smallest absolute Gasteiger partial charge is 0.154 e. The highest BCUT2D eigenvalue weighted by Gasteiger charge is 2.13. The summed E-state index contributed by atoms with van der Waals surface area (Å²) in [5.74, 6) is 0.719. The van der Waals surface area contributed by atoms with E-state index < -0.39 is 0 Å². The molecule has 90 valence electrons. The molecule has 0 bridgehead atoms. The Balaban J connectivity index is 2.37. The Labute approximate surface area is 106 Å². The van der Waals surface area contributed by atoms with E-state index in [2.05, 4.69) is 5.16 Å². The second-order valence-electron chi connectivity index (χ2n) is 4.09. The maximum absolute atomic E-state index is 5.92. The van der Waals surface area contributed by atoms with Gasteiger partial charge >= 0.3 is 0 Å². The Morgan fingerprint density at radius 2 is 2.18 bits per heavy atom. The third kappa shape index (κ3) is 2.51. The maximum atomic E-state index is 5.92. The number of hydrogen-bond donors (Lipinski definition) is 1. The lowest BCUT2D eigenvalue weighted by Gasteiger charge is -2.02. The summed E-state index contributed by atoms with van der Waals surface area (Å²) in [4.78, 5) is 0. The minimum absolute atomic E-state index is 0.0937. The Hall–Kier alpha value is -1.32. The molecule has 0 saturated carbocycles. The molecule has 17 heavy (non-hydrogen) atoms. The molecule has 0 amide bonds. The lowest BCUT2D eigenvalue weighted by Crippen LogP contribution is -2.06. The fourth-order valence-corrected chi connectivity index (χ4v) is 1.93. The van der Waals surface area contributed by atoms with Gasteiger partial charge in [0.1, 0.15) is 5.69 Å². The zero-order valence-corrected chi connectivity index (χ0v) is 10.7. The van der Waals surface area contributed by atoms with Gasteiger partial charge in [0.25, 0.3) is 0 Å². The first-order valence-electron chi connectivity index (χ1n) is 5.60. The first kappa shape index (κ1) is 12.1. The molecular weight excluding hydrogens is 236 g/mol. The van der Waals surface area contributed by atoms with Crippen molar-refractivity contribution >= 4 is 11.6 Å². The van der Waals surface area contributed by atoms with Gasteiger partial charge in [-0.15, -0.1) is 0 Å². The van der Waals surface area contributed by atoms with Crippen LogP contribution in [0.5, 0.6) is 0 Å². The molecule has 0 aliphatic rings. The van der Waals surface area contributed by atoms with E-state index in [1.807, 2.05) is 38.1 Å². The average molecular weight is 251 g/mol. The molecule has 2 N–H and O–H groups in total. The Morgan fingerprint density at radius 1 is 1.41 bits per heavy atom. The van der Waals surface area contributed by atoms with Crippen LogP contribution in [0.4, 0.5) is 0 Å². The number of nitrogens with zero attached hydrogens (tertiary/aromatic N) is 1. The first-order valence-corrected chi connectivity index (χ1v) is 5.98. The van der Waals surface area contributed by atoms with Crippen LogP contribution in [0.25, 0.3) is 11.3 Å². The number of rotatable bonds is 3. The molecule has 0 aliphatic carbocycles. The van der Waals surface area contributed by atoms with Gasteiger partial charge in [-0.3, -0.25) is 0 Å². The quantitative estimate of drug-likeness (QED) is 0.903. The highest BCUT2D eigenvalue weighted by Crippen LogP contribution is 2.27. The molecule has 2 rings (SSSR count). The van der Waals surface area contributed by atoms with Crippen LogP contribution in [0.1, 0.15) is 30.7 Å². The summed E-state index contributed by atoms with van der Waals surface area (Å²) < 4.78 is 5.25. The second-order valence-corrected chi connectivity index (χ2v) is 4.52. The van der Waals surface area contributed by atoms with Crippen LogP contribution in [-0.4, -0.2) is 5.16 Å². The van der Waals surface area contributed by atoms with Crippen LogP contribution in [-0.2, 0) is 0 Å². The fourth-order valence-electron chi connectivity index (χ4n) is 1.71.